The van der Waals surface area contributed by atoms with Gasteiger partial charge in [0.15, 0.2) is 0 Å². The largest absolute Gasteiger partial charge is 0.433 e. The summed E-state index contributed by atoms with van der Waals surface area (Å²) >= 11 is 1.74. The highest BCUT2D eigenvalue weighted by Gasteiger charge is 2.26. The third-order valence-electron chi connectivity index (χ3n) is 4.13. The Morgan fingerprint density at radius 2 is 2.12 bits per heavy atom. The van der Waals surface area contributed by atoms with Crippen LogP contribution in [0.3, 0.4) is 0 Å². The van der Waals surface area contributed by atoms with E-state index in [9.17, 15) is 13.6 Å². The molecule has 1 aromatic heterocycles. The molecule has 4 nitrogen and oxygen atoms in total. The van der Waals surface area contributed by atoms with Crippen molar-refractivity contribution in [1.82, 2.24) is 4.90 Å². The first-order valence-electron chi connectivity index (χ1n) is 7.68. The Hall–Kier alpha value is -1.99. The van der Waals surface area contributed by atoms with Crippen LogP contribution in [0.25, 0.3) is 0 Å². The molecule has 0 saturated carbocycles. The van der Waals surface area contributed by atoms with E-state index < -0.39 is 6.61 Å². The van der Waals surface area contributed by atoms with Gasteiger partial charge < -0.3 is 10.1 Å². The smallest absolute Gasteiger partial charge is 0.387 e. The molecule has 2 heterocycles. The summed E-state index contributed by atoms with van der Waals surface area (Å²) in [5, 5.41) is 4.76. The second-order valence-electron chi connectivity index (χ2n) is 5.63. The predicted molar refractivity (Wildman–Crippen MR) is 89.6 cm³/mol. The Bertz CT molecular complexity index is 720. The number of thiophene rings is 1. The normalized spacial score (nSPS) is 15.8. The highest BCUT2D eigenvalue weighted by Crippen LogP contribution is 2.28. The van der Waals surface area contributed by atoms with Crippen molar-refractivity contribution in [2.75, 3.05) is 11.9 Å². The van der Waals surface area contributed by atoms with E-state index in [0.29, 0.717) is 0 Å². The minimum atomic E-state index is -2.93. The Morgan fingerprint density at radius 1 is 1.33 bits per heavy atom. The number of hydrogen-bond donors (Lipinski definition) is 1. The average Bonchev–Trinajstić information content (AvgIpc) is 3.03. The number of nitrogens with one attached hydrogen (secondary N) is 1. The molecule has 1 unspecified atom stereocenters. The van der Waals surface area contributed by atoms with Gasteiger partial charge in [0.25, 0.3) is 0 Å². The van der Waals surface area contributed by atoms with Gasteiger partial charge in [0.2, 0.25) is 5.91 Å². The molecule has 1 amide bonds. The first-order valence-corrected chi connectivity index (χ1v) is 8.56. The topological polar surface area (TPSA) is 41.6 Å². The number of hydrogen-bond acceptors (Lipinski definition) is 4. The van der Waals surface area contributed by atoms with Gasteiger partial charge in [-0.2, -0.15) is 8.78 Å². The van der Waals surface area contributed by atoms with Crippen LogP contribution in [0.5, 0.6) is 5.75 Å². The SMILES string of the molecule is CC(C(=O)Nc1ccccc1OC(F)F)N1CCc2sccc2C1. The third-order valence-corrected chi connectivity index (χ3v) is 5.15. The fraction of sp³-hybridized carbons (Fsp3) is 0.353. The molecule has 0 aliphatic carbocycles. The standard InChI is InChI=1S/C17H18F2N2O2S/c1-11(21-8-6-15-12(10-21)7-9-24-15)16(22)20-13-4-2-3-5-14(13)23-17(18)19/h2-5,7,9,11,17H,6,8,10H2,1H3,(H,20,22). The van der Waals surface area contributed by atoms with Crippen LogP contribution in [-0.4, -0.2) is 30.0 Å². The number of alkyl halides is 2. The van der Waals surface area contributed by atoms with Gasteiger partial charge in [-0.05, 0) is 42.5 Å². The van der Waals surface area contributed by atoms with Gasteiger partial charge >= 0.3 is 6.61 Å². The number of halogens is 2. The number of benzene rings is 1. The number of carbonyl (C=O) groups is 1. The zero-order valence-corrected chi connectivity index (χ0v) is 14.0. The van der Waals surface area contributed by atoms with Crippen LogP contribution >= 0.6 is 11.3 Å². The van der Waals surface area contributed by atoms with Crippen LogP contribution in [0.4, 0.5) is 14.5 Å². The molecule has 0 saturated heterocycles. The zero-order valence-electron chi connectivity index (χ0n) is 13.2. The maximum atomic E-state index is 12.5. The number of amides is 1. The van der Waals surface area contributed by atoms with Crippen molar-refractivity contribution >= 4 is 22.9 Å². The predicted octanol–water partition coefficient (Wildman–Crippen LogP) is 3.73. The molecule has 0 spiro atoms. The average molecular weight is 352 g/mol. The molecule has 1 aromatic carbocycles. The summed E-state index contributed by atoms with van der Waals surface area (Å²) in [7, 11) is 0. The van der Waals surface area contributed by atoms with Crippen LogP contribution in [-0.2, 0) is 17.8 Å². The van der Waals surface area contributed by atoms with Crippen LogP contribution in [0.15, 0.2) is 35.7 Å². The molecule has 2 aromatic rings. The van der Waals surface area contributed by atoms with E-state index in [4.69, 9.17) is 0 Å². The summed E-state index contributed by atoms with van der Waals surface area (Å²) < 4.78 is 29.4. The molecular formula is C17H18F2N2O2S. The van der Waals surface area contributed by atoms with Gasteiger partial charge in [0.05, 0.1) is 11.7 Å². The van der Waals surface area contributed by atoms with Crippen LogP contribution in [0, 0.1) is 0 Å². The number of ether oxygens (including phenoxy) is 1. The molecule has 24 heavy (non-hydrogen) atoms. The van der Waals surface area contributed by atoms with Crippen LogP contribution in [0.2, 0.25) is 0 Å². The second-order valence-corrected chi connectivity index (χ2v) is 6.63. The lowest BCUT2D eigenvalue weighted by Gasteiger charge is -2.31. The maximum Gasteiger partial charge on any atom is 0.387 e. The molecule has 128 valence electrons. The summed E-state index contributed by atoms with van der Waals surface area (Å²) in [6.07, 6.45) is 0.926. The lowest BCUT2D eigenvalue weighted by Crippen LogP contribution is -2.44. The number of nitrogens with zero attached hydrogens (tertiary/aromatic N) is 1. The van der Waals surface area contributed by atoms with Gasteiger partial charge in [-0.3, -0.25) is 9.69 Å². The lowest BCUT2D eigenvalue weighted by atomic mass is 10.1. The van der Waals surface area contributed by atoms with Crippen LogP contribution in [0.1, 0.15) is 17.4 Å². The first-order chi connectivity index (χ1) is 11.5. The lowest BCUT2D eigenvalue weighted by molar-refractivity contribution is -0.121. The molecule has 1 N–H and O–H groups in total. The van der Waals surface area contributed by atoms with Gasteiger partial charge in [0.1, 0.15) is 5.75 Å². The molecule has 1 aliphatic heterocycles. The highest BCUT2D eigenvalue weighted by atomic mass is 32.1. The Morgan fingerprint density at radius 3 is 2.92 bits per heavy atom. The number of carbonyl (C=O) groups excluding carboxylic acids is 1. The van der Waals surface area contributed by atoms with E-state index in [0.717, 1.165) is 19.5 Å². The fourth-order valence-electron chi connectivity index (χ4n) is 2.77. The monoisotopic (exact) mass is 352 g/mol. The summed E-state index contributed by atoms with van der Waals surface area (Å²) in [6, 6.07) is 7.93. The first kappa shape index (κ1) is 16.9. The molecular weight excluding hydrogens is 334 g/mol. The van der Waals surface area contributed by atoms with Crippen molar-refractivity contribution in [3.05, 3.63) is 46.2 Å². The number of anilines is 1. The fourth-order valence-corrected chi connectivity index (χ4v) is 3.66. The Kier molecular flexibility index (Phi) is 5.11. The van der Waals surface area contributed by atoms with Gasteiger partial charge in [0, 0.05) is 18.0 Å². The summed E-state index contributed by atoms with van der Waals surface area (Å²) in [5.41, 5.74) is 1.51. The van der Waals surface area contributed by atoms with Gasteiger partial charge in [-0.15, -0.1) is 11.3 Å². The van der Waals surface area contributed by atoms with Crippen molar-refractivity contribution in [2.45, 2.75) is 32.5 Å². The maximum absolute atomic E-state index is 12.5. The van der Waals surface area contributed by atoms with Crippen molar-refractivity contribution in [1.29, 1.82) is 0 Å². The van der Waals surface area contributed by atoms with E-state index in [1.165, 1.54) is 16.5 Å². The zero-order chi connectivity index (χ0) is 17.1. The van der Waals surface area contributed by atoms with E-state index in [2.05, 4.69) is 26.4 Å². The number of para-hydroxylation sites is 2. The third kappa shape index (κ3) is 3.73. The Balaban J connectivity index is 1.67. The molecule has 1 aliphatic rings. The number of rotatable bonds is 5. The van der Waals surface area contributed by atoms with E-state index in [1.54, 1.807) is 29.5 Å². The van der Waals surface area contributed by atoms with Gasteiger partial charge in [-0.25, -0.2) is 0 Å². The minimum Gasteiger partial charge on any atom is -0.433 e. The van der Waals surface area contributed by atoms with Crippen molar-refractivity contribution in [3.8, 4) is 5.75 Å². The number of fused-ring (bicyclic) bond motifs is 1. The Labute approximate surface area is 143 Å². The summed E-state index contributed by atoms with van der Waals surface area (Å²) in [4.78, 5) is 16.0. The van der Waals surface area contributed by atoms with E-state index in [-0.39, 0.29) is 23.4 Å². The highest BCUT2D eigenvalue weighted by molar-refractivity contribution is 7.10. The van der Waals surface area contributed by atoms with E-state index in [1.807, 2.05) is 6.92 Å². The molecule has 3 rings (SSSR count). The van der Waals surface area contributed by atoms with Gasteiger partial charge in [-0.1, -0.05) is 12.1 Å². The molecule has 0 fully saturated rings. The minimum absolute atomic E-state index is 0.0354. The van der Waals surface area contributed by atoms with Crippen molar-refractivity contribution in [2.24, 2.45) is 0 Å². The summed E-state index contributed by atoms with van der Waals surface area (Å²) in [5.74, 6) is -0.272. The van der Waals surface area contributed by atoms with E-state index >= 15 is 0 Å². The molecule has 7 heteroatoms. The molecule has 0 radical (unpaired) electrons. The van der Waals surface area contributed by atoms with Crippen LogP contribution < -0.4 is 10.1 Å². The molecule has 0 bridgehead atoms. The molecule has 1 atom stereocenters. The second kappa shape index (κ2) is 7.27. The summed E-state index contributed by atoms with van der Waals surface area (Å²) in [6.45, 7) is 0.419. The quantitative estimate of drug-likeness (QED) is 0.891. The van der Waals surface area contributed by atoms with Crippen molar-refractivity contribution < 1.29 is 18.3 Å². The van der Waals surface area contributed by atoms with Crippen molar-refractivity contribution in [3.63, 3.8) is 0 Å².